The van der Waals surface area contributed by atoms with Gasteiger partial charge >= 0.3 is 11.9 Å². The number of hydrogen-bond acceptors (Lipinski definition) is 12. The molecule has 3 aliphatic rings. The lowest BCUT2D eigenvalue weighted by molar-refractivity contribution is -0.190. The Kier molecular flexibility index (Phi) is 10.6. The fraction of sp³-hybridized carbons (Fsp3) is 0.588. The topological polar surface area (TPSA) is 126 Å². The number of carbonyl (C=O) groups excluding carboxylic acids is 2. The van der Waals surface area contributed by atoms with Crippen LogP contribution in [0.3, 0.4) is 0 Å². The Bertz CT molecular complexity index is 1610. The number of benzene rings is 1. The highest BCUT2D eigenvalue weighted by atomic mass is 32.1. The molecule has 1 unspecified atom stereocenters. The van der Waals surface area contributed by atoms with E-state index in [1.165, 1.54) is 28.5 Å². The maximum atomic E-state index is 15.8. The van der Waals surface area contributed by atoms with Gasteiger partial charge in [0.05, 0.1) is 42.9 Å². The lowest BCUT2D eigenvalue weighted by atomic mass is 9.84. The molecule has 2 saturated heterocycles. The number of amidine groups is 1. The number of nitrogens with one attached hydrogen (secondary N) is 1. The first-order valence-electron chi connectivity index (χ1n) is 16.3. The molecule has 0 bridgehead atoms. The molecule has 1 aromatic heterocycles. The number of carbonyl (C=O) groups is 2. The number of hydrogen-bond donors (Lipinski definition) is 2. The van der Waals surface area contributed by atoms with Crippen LogP contribution in [-0.4, -0.2) is 100 Å². The number of thiazole rings is 1. The van der Waals surface area contributed by atoms with E-state index in [1.807, 2.05) is 0 Å². The minimum Gasteiger partial charge on any atom is -0.463 e. The summed E-state index contributed by atoms with van der Waals surface area (Å²) in [4.78, 5) is 42.8. The monoisotopic (exact) mass is 707 g/mol. The highest BCUT2D eigenvalue weighted by Crippen LogP contribution is 2.42. The molecule has 15 heteroatoms. The first-order chi connectivity index (χ1) is 22.9. The molecule has 0 spiro atoms. The van der Waals surface area contributed by atoms with Crippen LogP contribution in [0.4, 0.5) is 13.2 Å². The number of rotatable bonds is 11. The van der Waals surface area contributed by atoms with Crippen LogP contribution in [0.25, 0.3) is 0 Å². The molecule has 3 aliphatic heterocycles. The van der Waals surface area contributed by atoms with E-state index >= 15 is 8.78 Å². The molecule has 49 heavy (non-hydrogen) atoms. The van der Waals surface area contributed by atoms with E-state index in [0.29, 0.717) is 22.0 Å². The van der Waals surface area contributed by atoms with Gasteiger partial charge in [0.15, 0.2) is 10.8 Å². The van der Waals surface area contributed by atoms with Crippen LogP contribution in [-0.2, 0) is 23.9 Å². The molecule has 4 heterocycles. The SMILES string of the molecule is CCOC(=O)C1=C(CN2CC(F)(F)[C@@H]3[C@H]2CON3CCC(O)C(C)(C)C(=O)OC(C)(C)C)NC(c2nccs2)=N[C@H]1c1cccc(F)c1C. The summed E-state index contributed by atoms with van der Waals surface area (Å²) in [5.41, 5.74) is -0.936. The van der Waals surface area contributed by atoms with Gasteiger partial charge in [0.25, 0.3) is 5.92 Å². The van der Waals surface area contributed by atoms with E-state index in [0.717, 1.165) is 0 Å². The summed E-state index contributed by atoms with van der Waals surface area (Å²) in [5.74, 6) is -4.68. The van der Waals surface area contributed by atoms with Gasteiger partial charge in [0.2, 0.25) is 0 Å². The van der Waals surface area contributed by atoms with Gasteiger partial charge in [-0.05, 0) is 72.1 Å². The third-order valence-electron chi connectivity index (χ3n) is 9.00. The van der Waals surface area contributed by atoms with E-state index in [9.17, 15) is 19.1 Å². The number of alkyl halides is 2. The molecule has 2 aromatic rings. The minimum atomic E-state index is -3.23. The van der Waals surface area contributed by atoms with E-state index in [4.69, 9.17) is 19.3 Å². The first kappa shape index (κ1) is 36.9. The Hall–Kier alpha value is -3.37. The van der Waals surface area contributed by atoms with Crippen molar-refractivity contribution in [2.24, 2.45) is 10.4 Å². The Morgan fingerprint density at radius 2 is 1.98 bits per heavy atom. The molecule has 1 aromatic carbocycles. The zero-order chi connectivity index (χ0) is 35.9. The maximum Gasteiger partial charge on any atom is 0.338 e. The molecule has 4 atom stereocenters. The number of aliphatic hydroxyl groups is 1. The van der Waals surface area contributed by atoms with Crippen LogP contribution >= 0.6 is 11.3 Å². The predicted octanol–water partition coefficient (Wildman–Crippen LogP) is 4.55. The number of fused-ring (bicyclic) bond motifs is 1. The van der Waals surface area contributed by atoms with Gasteiger partial charge in [0, 0.05) is 30.4 Å². The molecule has 268 valence electrons. The van der Waals surface area contributed by atoms with E-state index in [2.05, 4.69) is 10.3 Å². The fourth-order valence-electron chi connectivity index (χ4n) is 6.31. The van der Waals surface area contributed by atoms with Crippen molar-refractivity contribution in [3.63, 3.8) is 0 Å². The van der Waals surface area contributed by atoms with Gasteiger partial charge in [-0.1, -0.05) is 12.1 Å². The van der Waals surface area contributed by atoms with E-state index < -0.39 is 65.5 Å². The Balaban J connectivity index is 1.42. The smallest absolute Gasteiger partial charge is 0.338 e. The lowest BCUT2D eigenvalue weighted by Gasteiger charge is -2.33. The normalized spacial score (nSPS) is 23.6. The molecule has 2 N–H and O–H groups in total. The van der Waals surface area contributed by atoms with Crippen molar-refractivity contribution in [1.82, 2.24) is 20.3 Å². The van der Waals surface area contributed by atoms with Gasteiger partial charge in [-0.15, -0.1) is 11.3 Å². The second-order valence-corrected chi connectivity index (χ2v) is 14.9. The Morgan fingerprint density at radius 1 is 1.24 bits per heavy atom. The average molecular weight is 708 g/mol. The number of aliphatic hydroxyl groups excluding tert-OH is 1. The second-order valence-electron chi connectivity index (χ2n) is 14.1. The van der Waals surface area contributed by atoms with Crippen LogP contribution in [0.15, 0.2) is 46.0 Å². The molecular formula is C34H44F3N5O6S. The number of aliphatic imine (C=N–C) groups is 1. The van der Waals surface area contributed by atoms with Gasteiger partial charge in [0.1, 0.15) is 23.5 Å². The number of esters is 2. The van der Waals surface area contributed by atoms with Crippen molar-refractivity contribution in [3.05, 3.63) is 63.0 Å². The molecule has 2 fully saturated rings. The lowest BCUT2D eigenvalue weighted by Crippen LogP contribution is -2.47. The number of nitrogens with zero attached hydrogens (tertiary/aromatic N) is 4. The zero-order valence-corrected chi connectivity index (χ0v) is 29.6. The summed E-state index contributed by atoms with van der Waals surface area (Å²) in [7, 11) is 0. The highest BCUT2D eigenvalue weighted by molar-refractivity contribution is 7.11. The number of hydroxylamine groups is 2. The van der Waals surface area contributed by atoms with Gasteiger partial charge in [-0.3, -0.25) is 19.5 Å². The number of ether oxygens (including phenoxy) is 2. The van der Waals surface area contributed by atoms with Crippen molar-refractivity contribution >= 4 is 29.1 Å². The Labute approximate surface area is 288 Å². The summed E-state index contributed by atoms with van der Waals surface area (Å²) >= 11 is 1.30. The second kappa shape index (κ2) is 14.1. The van der Waals surface area contributed by atoms with Crippen molar-refractivity contribution in [2.75, 3.05) is 32.8 Å². The summed E-state index contributed by atoms with van der Waals surface area (Å²) in [6.45, 7) is 10.7. The zero-order valence-electron chi connectivity index (χ0n) is 28.8. The van der Waals surface area contributed by atoms with Crippen LogP contribution in [0.1, 0.15) is 70.1 Å². The molecule has 0 saturated carbocycles. The standard InChI is InChI=1S/C34H44F3N5O6S/c1-8-46-30(44)25-22(39-28(29-38-13-15-49-29)40-26(25)20-10-9-11-21(35)19(20)2)16-41-18-34(36,37)27-23(41)17-47-42(27)14-12-24(43)33(6,7)31(45)48-32(3,4)5/h9-11,13,15,23-24,26-27,43H,8,12,14,16-18H2,1-7H3,(H,39,40)/t23-,24?,26+,27+/m1/s1. The van der Waals surface area contributed by atoms with Crippen molar-refractivity contribution < 1.29 is 42.2 Å². The quantitative estimate of drug-likeness (QED) is 0.322. The third-order valence-corrected chi connectivity index (χ3v) is 9.78. The average Bonchev–Trinajstić information content (AvgIpc) is 3.75. The minimum absolute atomic E-state index is 0.0203. The number of halogens is 3. The van der Waals surface area contributed by atoms with Crippen LogP contribution < -0.4 is 5.32 Å². The molecular weight excluding hydrogens is 663 g/mol. The van der Waals surface area contributed by atoms with Crippen LogP contribution in [0.2, 0.25) is 0 Å². The molecule has 0 amide bonds. The van der Waals surface area contributed by atoms with Crippen molar-refractivity contribution in [3.8, 4) is 0 Å². The van der Waals surface area contributed by atoms with E-state index in [1.54, 1.807) is 71.0 Å². The highest BCUT2D eigenvalue weighted by Gasteiger charge is 2.61. The van der Waals surface area contributed by atoms with Crippen molar-refractivity contribution in [2.45, 2.75) is 90.6 Å². The van der Waals surface area contributed by atoms with Crippen LogP contribution in [0, 0.1) is 18.2 Å². The van der Waals surface area contributed by atoms with E-state index in [-0.39, 0.29) is 44.0 Å². The maximum absolute atomic E-state index is 15.8. The van der Waals surface area contributed by atoms with Gasteiger partial charge in [-0.25, -0.2) is 22.9 Å². The van der Waals surface area contributed by atoms with Crippen LogP contribution in [0.5, 0.6) is 0 Å². The molecule has 0 aliphatic carbocycles. The summed E-state index contributed by atoms with van der Waals surface area (Å²) in [6, 6.07) is 1.40. The summed E-state index contributed by atoms with van der Waals surface area (Å²) < 4.78 is 57.4. The van der Waals surface area contributed by atoms with Crippen molar-refractivity contribution in [1.29, 1.82) is 0 Å². The summed E-state index contributed by atoms with van der Waals surface area (Å²) in [6.07, 6.45) is 0.387. The number of aromatic nitrogens is 1. The van der Waals surface area contributed by atoms with Gasteiger partial charge < -0.3 is 19.9 Å². The summed E-state index contributed by atoms with van der Waals surface area (Å²) in [5, 5.41) is 17.6. The fourth-order valence-corrected chi connectivity index (χ4v) is 6.90. The Morgan fingerprint density at radius 3 is 2.63 bits per heavy atom. The van der Waals surface area contributed by atoms with Gasteiger partial charge in [-0.2, -0.15) is 5.06 Å². The molecule has 11 nitrogen and oxygen atoms in total. The predicted molar refractivity (Wildman–Crippen MR) is 176 cm³/mol. The molecule has 0 radical (unpaired) electrons. The first-order valence-corrected chi connectivity index (χ1v) is 17.1. The molecule has 5 rings (SSSR count). The number of likely N-dealkylation sites (tertiary alicyclic amines) is 1. The third kappa shape index (κ3) is 7.70. The largest absolute Gasteiger partial charge is 0.463 e.